The van der Waals surface area contributed by atoms with Gasteiger partial charge in [-0.3, -0.25) is 0 Å². The smallest absolute Gasteiger partial charge is 0.0208 e. The van der Waals surface area contributed by atoms with Gasteiger partial charge >= 0.3 is 0 Å². The maximum absolute atomic E-state index is 3.67. The first-order chi connectivity index (χ1) is 7.25. The summed E-state index contributed by atoms with van der Waals surface area (Å²) in [5.41, 5.74) is 2.77. The van der Waals surface area contributed by atoms with Crippen molar-refractivity contribution in [3.05, 3.63) is 35.4 Å². The Balaban J connectivity index is 1.87. The Kier molecular flexibility index (Phi) is 3.42. The van der Waals surface area contributed by atoms with Gasteiger partial charge in [-0.25, -0.2) is 0 Å². The van der Waals surface area contributed by atoms with Crippen LogP contribution in [0.2, 0.25) is 0 Å². The van der Waals surface area contributed by atoms with Crippen molar-refractivity contribution in [2.45, 2.75) is 45.7 Å². The number of rotatable bonds is 3. The Morgan fingerprint density at radius 2 is 2.20 bits per heavy atom. The number of hydrogen-bond donors (Lipinski definition) is 1. The fourth-order valence-corrected chi connectivity index (χ4v) is 2.52. The largest absolute Gasteiger partial charge is 0.310 e. The van der Waals surface area contributed by atoms with E-state index in [1.165, 1.54) is 30.4 Å². The fraction of sp³-hybridized carbons (Fsp3) is 0.571. The second-order valence-electron chi connectivity index (χ2n) is 4.88. The van der Waals surface area contributed by atoms with Crippen LogP contribution in [0.25, 0.3) is 0 Å². The van der Waals surface area contributed by atoms with Gasteiger partial charge in [0.1, 0.15) is 0 Å². The van der Waals surface area contributed by atoms with Gasteiger partial charge in [-0.2, -0.15) is 0 Å². The van der Waals surface area contributed by atoms with Gasteiger partial charge in [-0.1, -0.05) is 43.2 Å². The van der Waals surface area contributed by atoms with Crippen molar-refractivity contribution in [1.29, 1.82) is 0 Å². The van der Waals surface area contributed by atoms with Crippen molar-refractivity contribution in [2.75, 3.05) is 0 Å². The van der Waals surface area contributed by atoms with Gasteiger partial charge in [-0.15, -0.1) is 0 Å². The van der Waals surface area contributed by atoms with Crippen LogP contribution in [0.15, 0.2) is 24.3 Å². The molecule has 0 heterocycles. The summed E-state index contributed by atoms with van der Waals surface area (Å²) in [6.45, 7) is 5.54. The standard InChI is InChI=1S/C14H21N/c1-11-5-3-7-13(9-11)10-15-14-8-4-6-12(14)2/h3,5,7,9,12,14-15H,4,6,8,10H2,1-2H3. The van der Waals surface area contributed by atoms with Gasteiger partial charge in [0.2, 0.25) is 0 Å². The topological polar surface area (TPSA) is 12.0 Å². The van der Waals surface area contributed by atoms with Crippen LogP contribution in [0, 0.1) is 12.8 Å². The first kappa shape index (κ1) is 10.7. The van der Waals surface area contributed by atoms with Gasteiger partial charge in [0.15, 0.2) is 0 Å². The van der Waals surface area contributed by atoms with Crippen LogP contribution in [0.1, 0.15) is 37.3 Å². The molecule has 1 aromatic rings. The van der Waals surface area contributed by atoms with E-state index < -0.39 is 0 Å². The lowest BCUT2D eigenvalue weighted by molar-refractivity contribution is 0.426. The maximum atomic E-state index is 3.67. The maximum Gasteiger partial charge on any atom is 0.0208 e. The fourth-order valence-electron chi connectivity index (χ4n) is 2.52. The zero-order valence-corrected chi connectivity index (χ0v) is 9.79. The van der Waals surface area contributed by atoms with Crippen LogP contribution in [0.3, 0.4) is 0 Å². The molecule has 0 aromatic heterocycles. The second-order valence-corrected chi connectivity index (χ2v) is 4.88. The van der Waals surface area contributed by atoms with E-state index in [1.54, 1.807) is 0 Å². The van der Waals surface area contributed by atoms with Gasteiger partial charge in [0, 0.05) is 12.6 Å². The Hall–Kier alpha value is -0.820. The number of hydrogen-bond acceptors (Lipinski definition) is 1. The van der Waals surface area contributed by atoms with Crippen LogP contribution in [-0.4, -0.2) is 6.04 Å². The molecule has 0 aliphatic heterocycles. The first-order valence-corrected chi connectivity index (χ1v) is 6.04. The van der Waals surface area contributed by atoms with Crippen LogP contribution in [0.4, 0.5) is 0 Å². The Bertz CT molecular complexity index is 319. The van der Waals surface area contributed by atoms with E-state index in [-0.39, 0.29) is 0 Å². The van der Waals surface area contributed by atoms with Crippen LogP contribution in [-0.2, 0) is 6.54 Å². The first-order valence-electron chi connectivity index (χ1n) is 6.04. The molecule has 1 N–H and O–H groups in total. The minimum Gasteiger partial charge on any atom is -0.310 e. The zero-order valence-electron chi connectivity index (χ0n) is 9.79. The molecule has 1 aliphatic carbocycles. The molecule has 0 spiro atoms. The van der Waals surface area contributed by atoms with E-state index in [0.29, 0.717) is 0 Å². The van der Waals surface area contributed by atoms with Crippen LogP contribution >= 0.6 is 0 Å². The summed E-state index contributed by atoms with van der Waals surface area (Å²) in [5.74, 6) is 0.856. The Labute approximate surface area is 92.9 Å². The predicted molar refractivity (Wildman–Crippen MR) is 64.8 cm³/mol. The van der Waals surface area contributed by atoms with Crippen LogP contribution in [0.5, 0.6) is 0 Å². The Morgan fingerprint density at radius 3 is 2.87 bits per heavy atom. The Morgan fingerprint density at radius 1 is 1.33 bits per heavy atom. The lowest BCUT2D eigenvalue weighted by Gasteiger charge is -2.17. The average Bonchev–Trinajstić information content (AvgIpc) is 2.61. The predicted octanol–water partition coefficient (Wildman–Crippen LogP) is 3.27. The molecule has 1 aliphatic rings. The second kappa shape index (κ2) is 4.80. The molecule has 0 saturated heterocycles. The van der Waals surface area contributed by atoms with Gasteiger partial charge in [0.25, 0.3) is 0 Å². The number of benzene rings is 1. The molecule has 15 heavy (non-hydrogen) atoms. The van der Waals surface area contributed by atoms with Crippen molar-refractivity contribution in [2.24, 2.45) is 5.92 Å². The SMILES string of the molecule is Cc1cccc(CNC2CCCC2C)c1. The minimum absolute atomic E-state index is 0.741. The van der Waals surface area contributed by atoms with Crippen molar-refractivity contribution >= 4 is 0 Å². The molecule has 1 aromatic carbocycles. The average molecular weight is 203 g/mol. The molecule has 2 rings (SSSR count). The highest BCUT2D eigenvalue weighted by Gasteiger charge is 2.22. The van der Waals surface area contributed by atoms with E-state index in [4.69, 9.17) is 0 Å². The molecule has 1 heteroatoms. The molecule has 0 amide bonds. The molecule has 0 radical (unpaired) electrons. The minimum atomic E-state index is 0.741. The van der Waals surface area contributed by atoms with Gasteiger partial charge < -0.3 is 5.32 Å². The van der Waals surface area contributed by atoms with E-state index in [0.717, 1.165) is 18.5 Å². The summed E-state index contributed by atoms with van der Waals surface area (Å²) in [6.07, 6.45) is 4.14. The molecule has 0 bridgehead atoms. The van der Waals surface area contributed by atoms with Gasteiger partial charge in [-0.05, 0) is 31.2 Å². The third-order valence-electron chi connectivity index (χ3n) is 3.51. The molecular formula is C14H21N. The zero-order chi connectivity index (χ0) is 10.7. The summed E-state index contributed by atoms with van der Waals surface area (Å²) in [4.78, 5) is 0. The lowest BCUT2D eigenvalue weighted by atomic mass is 10.1. The molecule has 1 fully saturated rings. The normalized spacial score (nSPS) is 25.7. The van der Waals surface area contributed by atoms with E-state index in [2.05, 4.69) is 43.4 Å². The molecule has 1 nitrogen and oxygen atoms in total. The molecule has 2 unspecified atom stereocenters. The van der Waals surface area contributed by atoms with Crippen molar-refractivity contribution in [1.82, 2.24) is 5.32 Å². The quantitative estimate of drug-likeness (QED) is 0.795. The van der Waals surface area contributed by atoms with Crippen LogP contribution < -0.4 is 5.32 Å². The third kappa shape index (κ3) is 2.82. The molecular weight excluding hydrogens is 182 g/mol. The van der Waals surface area contributed by atoms with Crippen molar-refractivity contribution in [3.63, 3.8) is 0 Å². The third-order valence-corrected chi connectivity index (χ3v) is 3.51. The number of aryl methyl sites for hydroxylation is 1. The summed E-state index contributed by atoms with van der Waals surface area (Å²) >= 11 is 0. The molecule has 1 saturated carbocycles. The van der Waals surface area contributed by atoms with E-state index >= 15 is 0 Å². The summed E-state index contributed by atoms with van der Waals surface area (Å²) < 4.78 is 0. The summed E-state index contributed by atoms with van der Waals surface area (Å²) in [5, 5.41) is 3.67. The van der Waals surface area contributed by atoms with Crippen molar-refractivity contribution in [3.8, 4) is 0 Å². The highest BCUT2D eigenvalue weighted by Crippen LogP contribution is 2.25. The molecule has 2 atom stereocenters. The van der Waals surface area contributed by atoms with Gasteiger partial charge in [0.05, 0.1) is 0 Å². The van der Waals surface area contributed by atoms with E-state index in [9.17, 15) is 0 Å². The summed E-state index contributed by atoms with van der Waals surface area (Å²) in [6, 6.07) is 9.52. The van der Waals surface area contributed by atoms with Crippen molar-refractivity contribution < 1.29 is 0 Å². The monoisotopic (exact) mass is 203 g/mol. The highest BCUT2D eigenvalue weighted by molar-refractivity contribution is 5.22. The molecule has 82 valence electrons. The highest BCUT2D eigenvalue weighted by atomic mass is 14.9. The summed E-state index contributed by atoms with van der Waals surface area (Å²) in [7, 11) is 0. The van der Waals surface area contributed by atoms with E-state index in [1.807, 2.05) is 0 Å². The number of nitrogens with one attached hydrogen (secondary N) is 1. The lowest BCUT2D eigenvalue weighted by Crippen LogP contribution is -2.30.